The van der Waals surface area contributed by atoms with Crippen LogP contribution < -0.4 is 5.32 Å². The van der Waals surface area contributed by atoms with E-state index in [4.69, 9.17) is 5.11 Å². The summed E-state index contributed by atoms with van der Waals surface area (Å²) in [4.78, 5) is 25.8. The van der Waals surface area contributed by atoms with Crippen LogP contribution in [0.15, 0.2) is 12.1 Å². The number of thiophene rings is 1. The molecule has 0 bridgehead atoms. The molecule has 0 atom stereocenters. The first-order valence-electron chi connectivity index (χ1n) is 6.26. The normalized spacial score (nSPS) is 11.0. The monoisotopic (exact) mass is 284 g/mol. The van der Waals surface area contributed by atoms with Gasteiger partial charge in [-0.05, 0) is 32.5 Å². The summed E-state index contributed by atoms with van der Waals surface area (Å²) < 4.78 is 0. The molecule has 106 valence electrons. The van der Waals surface area contributed by atoms with E-state index in [0.717, 1.165) is 11.4 Å². The molecular weight excluding hydrogens is 264 g/mol. The van der Waals surface area contributed by atoms with Gasteiger partial charge in [0.1, 0.15) is 4.88 Å². The SMILES string of the molecule is CCN(CC(=O)NC(C)C)Cc1ccc(C(=O)O)s1. The van der Waals surface area contributed by atoms with E-state index >= 15 is 0 Å². The zero-order valence-electron chi connectivity index (χ0n) is 11.5. The Morgan fingerprint density at radius 3 is 2.58 bits per heavy atom. The molecule has 6 heteroatoms. The molecule has 5 nitrogen and oxygen atoms in total. The zero-order chi connectivity index (χ0) is 14.4. The van der Waals surface area contributed by atoms with E-state index in [9.17, 15) is 9.59 Å². The molecule has 0 aliphatic rings. The first kappa shape index (κ1) is 15.7. The molecule has 0 aliphatic heterocycles. The number of carboxylic acid groups (broad SMARTS) is 1. The van der Waals surface area contributed by atoms with Crippen molar-refractivity contribution < 1.29 is 14.7 Å². The van der Waals surface area contributed by atoms with Gasteiger partial charge < -0.3 is 10.4 Å². The molecular formula is C13H20N2O3S. The van der Waals surface area contributed by atoms with Gasteiger partial charge in [0, 0.05) is 17.5 Å². The van der Waals surface area contributed by atoms with E-state index < -0.39 is 5.97 Å². The molecule has 0 saturated carbocycles. The lowest BCUT2D eigenvalue weighted by atomic mass is 10.3. The molecule has 19 heavy (non-hydrogen) atoms. The number of carboxylic acids is 1. The maximum atomic E-state index is 11.7. The predicted molar refractivity (Wildman–Crippen MR) is 75.5 cm³/mol. The van der Waals surface area contributed by atoms with E-state index in [1.165, 1.54) is 11.3 Å². The first-order valence-corrected chi connectivity index (χ1v) is 7.07. The molecule has 1 amide bonds. The maximum Gasteiger partial charge on any atom is 0.345 e. The fourth-order valence-electron chi connectivity index (χ4n) is 1.65. The summed E-state index contributed by atoms with van der Waals surface area (Å²) in [5.41, 5.74) is 0. The minimum atomic E-state index is -0.906. The summed E-state index contributed by atoms with van der Waals surface area (Å²) in [7, 11) is 0. The Balaban J connectivity index is 2.56. The highest BCUT2D eigenvalue weighted by Crippen LogP contribution is 2.18. The van der Waals surface area contributed by atoms with Gasteiger partial charge >= 0.3 is 5.97 Å². The number of carbonyl (C=O) groups excluding carboxylic acids is 1. The number of carbonyl (C=O) groups is 2. The van der Waals surface area contributed by atoms with Gasteiger partial charge in [-0.2, -0.15) is 0 Å². The van der Waals surface area contributed by atoms with Crippen molar-refractivity contribution in [3.05, 3.63) is 21.9 Å². The van der Waals surface area contributed by atoms with Gasteiger partial charge in [-0.25, -0.2) is 4.79 Å². The Labute approximate surface area is 117 Å². The molecule has 0 spiro atoms. The third kappa shape index (κ3) is 5.40. The van der Waals surface area contributed by atoms with Crippen molar-refractivity contribution in [3.63, 3.8) is 0 Å². The lowest BCUT2D eigenvalue weighted by Gasteiger charge is -2.19. The minimum Gasteiger partial charge on any atom is -0.477 e. The lowest BCUT2D eigenvalue weighted by Crippen LogP contribution is -2.39. The van der Waals surface area contributed by atoms with Crippen LogP contribution in [-0.2, 0) is 11.3 Å². The van der Waals surface area contributed by atoms with Gasteiger partial charge in [-0.15, -0.1) is 11.3 Å². The first-order chi connectivity index (χ1) is 8.92. The fourth-order valence-corrected chi connectivity index (χ4v) is 2.54. The highest BCUT2D eigenvalue weighted by molar-refractivity contribution is 7.13. The molecule has 0 unspecified atom stereocenters. The van der Waals surface area contributed by atoms with E-state index in [2.05, 4.69) is 5.32 Å². The number of hydrogen-bond donors (Lipinski definition) is 2. The second-order valence-electron chi connectivity index (χ2n) is 4.60. The van der Waals surface area contributed by atoms with Crippen LogP contribution in [0.4, 0.5) is 0 Å². The summed E-state index contributed by atoms with van der Waals surface area (Å²) in [6.45, 7) is 7.49. The number of nitrogens with one attached hydrogen (secondary N) is 1. The fraction of sp³-hybridized carbons (Fsp3) is 0.538. The van der Waals surface area contributed by atoms with E-state index in [1.54, 1.807) is 12.1 Å². The van der Waals surface area contributed by atoms with Crippen molar-refractivity contribution in [2.24, 2.45) is 0 Å². The Morgan fingerprint density at radius 2 is 2.11 bits per heavy atom. The Bertz CT molecular complexity index is 443. The smallest absolute Gasteiger partial charge is 0.345 e. The number of aromatic carboxylic acids is 1. The highest BCUT2D eigenvalue weighted by Gasteiger charge is 2.13. The Kier molecular flexibility index (Phi) is 5.98. The summed E-state index contributed by atoms with van der Waals surface area (Å²) >= 11 is 1.25. The second kappa shape index (κ2) is 7.25. The van der Waals surface area contributed by atoms with Gasteiger partial charge in [0.05, 0.1) is 6.54 Å². The van der Waals surface area contributed by atoms with Gasteiger partial charge in [0.2, 0.25) is 5.91 Å². The molecule has 1 aromatic rings. The van der Waals surface area contributed by atoms with Crippen molar-refractivity contribution in [2.45, 2.75) is 33.4 Å². The van der Waals surface area contributed by atoms with E-state index in [1.807, 2.05) is 25.7 Å². The molecule has 1 rings (SSSR count). The topological polar surface area (TPSA) is 69.6 Å². The predicted octanol–water partition coefficient (Wildman–Crippen LogP) is 1.79. The van der Waals surface area contributed by atoms with Gasteiger partial charge in [-0.1, -0.05) is 6.92 Å². The number of amides is 1. The molecule has 0 saturated heterocycles. The highest BCUT2D eigenvalue weighted by atomic mass is 32.1. The third-order valence-corrected chi connectivity index (χ3v) is 3.57. The quantitative estimate of drug-likeness (QED) is 0.801. The van der Waals surface area contributed by atoms with Crippen LogP contribution in [0, 0.1) is 0 Å². The summed E-state index contributed by atoms with van der Waals surface area (Å²) in [6, 6.07) is 3.54. The largest absolute Gasteiger partial charge is 0.477 e. The van der Waals surface area contributed by atoms with Crippen molar-refractivity contribution in [3.8, 4) is 0 Å². The van der Waals surface area contributed by atoms with Crippen molar-refractivity contribution in [1.82, 2.24) is 10.2 Å². The molecule has 0 aromatic carbocycles. The minimum absolute atomic E-state index is 0.00753. The molecule has 1 aromatic heterocycles. The average molecular weight is 284 g/mol. The van der Waals surface area contributed by atoms with Crippen molar-refractivity contribution >= 4 is 23.2 Å². The lowest BCUT2D eigenvalue weighted by molar-refractivity contribution is -0.122. The summed E-state index contributed by atoms with van der Waals surface area (Å²) in [5, 5.41) is 11.7. The van der Waals surface area contributed by atoms with Crippen LogP contribution in [0.3, 0.4) is 0 Å². The van der Waals surface area contributed by atoms with Gasteiger partial charge in [0.15, 0.2) is 0 Å². The average Bonchev–Trinajstić information content (AvgIpc) is 2.75. The molecule has 1 heterocycles. The maximum absolute atomic E-state index is 11.7. The number of hydrogen-bond acceptors (Lipinski definition) is 4. The molecule has 0 radical (unpaired) electrons. The van der Waals surface area contributed by atoms with Crippen LogP contribution in [0.5, 0.6) is 0 Å². The Morgan fingerprint density at radius 1 is 1.42 bits per heavy atom. The Hall–Kier alpha value is -1.40. The summed E-state index contributed by atoms with van der Waals surface area (Å²) in [5.74, 6) is -0.913. The van der Waals surface area contributed by atoms with Crippen LogP contribution in [0.2, 0.25) is 0 Å². The molecule has 0 fully saturated rings. The third-order valence-electron chi connectivity index (χ3n) is 2.52. The number of likely N-dealkylation sites (N-methyl/N-ethyl adjacent to an activating group) is 1. The molecule has 0 aliphatic carbocycles. The number of rotatable bonds is 7. The van der Waals surface area contributed by atoms with Crippen LogP contribution in [0.1, 0.15) is 35.3 Å². The molecule has 2 N–H and O–H groups in total. The van der Waals surface area contributed by atoms with Crippen molar-refractivity contribution in [1.29, 1.82) is 0 Å². The summed E-state index contributed by atoms with van der Waals surface area (Å²) in [6.07, 6.45) is 0. The van der Waals surface area contributed by atoms with E-state index in [0.29, 0.717) is 18.0 Å². The second-order valence-corrected chi connectivity index (χ2v) is 5.76. The van der Waals surface area contributed by atoms with Gasteiger partial charge in [0.25, 0.3) is 0 Å². The standard InChI is InChI=1S/C13H20N2O3S/c1-4-15(8-12(16)14-9(2)3)7-10-5-6-11(19-10)13(17)18/h5-6,9H,4,7-8H2,1-3H3,(H,14,16)(H,17,18). The van der Waals surface area contributed by atoms with E-state index in [-0.39, 0.29) is 11.9 Å². The van der Waals surface area contributed by atoms with Crippen LogP contribution in [0.25, 0.3) is 0 Å². The zero-order valence-corrected chi connectivity index (χ0v) is 12.3. The van der Waals surface area contributed by atoms with Crippen molar-refractivity contribution in [2.75, 3.05) is 13.1 Å². The van der Waals surface area contributed by atoms with Crippen LogP contribution in [-0.4, -0.2) is 41.0 Å². The van der Waals surface area contributed by atoms with Crippen LogP contribution >= 0.6 is 11.3 Å². The van der Waals surface area contributed by atoms with Gasteiger partial charge in [-0.3, -0.25) is 9.69 Å². The number of nitrogens with zero attached hydrogens (tertiary/aromatic N) is 1.